The van der Waals surface area contributed by atoms with Crippen LogP contribution in [0.2, 0.25) is 0 Å². The van der Waals surface area contributed by atoms with Crippen LogP contribution in [-0.4, -0.2) is 35.4 Å². The second-order valence-corrected chi connectivity index (χ2v) is 6.94. The van der Waals surface area contributed by atoms with Crippen LogP contribution in [0, 0.1) is 24.0 Å². The second kappa shape index (κ2) is 9.87. The van der Waals surface area contributed by atoms with Gasteiger partial charge in [0.25, 0.3) is 11.6 Å². The van der Waals surface area contributed by atoms with Gasteiger partial charge < -0.3 is 14.6 Å². The number of non-ortho nitro benzene ring substituents is 1. The lowest BCUT2D eigenvalue weighted by molar-refractivity contribution is -0.385. The molecule has 0 saturated heterocycles. The molecule has 154 valence electrons. The molecule has 0 atom stereocenters. The third kappa shape index (κ3) is 5.92. The van der Waals surface area contributed by atoms with Gasteiger partial charge in [0.05, 0.1) is 23.8 Å². The average Bonchev–Trinajstić information content (AvgIpc) is 2.63. The minimum atomic E-state index is -0.616. The fraction of sp³-hybridized carbons (Fsp3) is 0.263. The molecule has 2 aromatic rings. The molecule has 0 radical (unpaired) electrons. The van der Waals surface area contributed by atoms with Gasteiger partial charge in [0.15, 0.2) is 18.1 Å². The SMILES string of the molecule is CCOc1cc([N+](=O)[O-])cc(/C=N/NC(=O)COc2c(C)cc(Br)cc2C)c1O. The minimum absolute atomic E-state index is 0.0310. The third-order valence-corrected chi connectivity index (χ3v) is 4.22. The molecule has 10 heteroatoms. The fourth-order valence-electron chi connectivity index (χ4n) is 2.55. The number of carbonyl (C=O) groups is 1. The summed E-state index contributed by atoms with van der Waals surface area (Å²) in [7, 11) is 0. The number of aryl methyl sites for hydroxylation is 2. The fourth-order valence-corrected chi connectivity index (χ4v) is 3.24. The molecule has 0 spiro atoms. The topological polar surface area (TPSA) is 123 Å². The monoisotopic (exact) mass is 465 g/mol. The Kier molecular flexibility index (Phi) is 7.54. The van der Waals surface area contributed by atoms with Crippen molar-refractivity contribution >= 4 is 33.7 Å². The van der Waals surface area contributed by atoms with E-state index in [-0.39, 0.29) is 36.0 Å². The molecule has 0 aliphatic heterocycles. The number of amides is 1. The van der Waals surface area contributed by atoms with Gasteiger partial charge in [0.2, 0.25) is 0 Å². The van der Waals surface area contributed by atoms with Crippen molar-refractivity contribution < 1.29 is 24.3 Å². The van der Waals surface area contributed by atoms with E-state index in [4.69, 9.17) is 9.47 Å². The van der Waals surface area contributed by atoms with Crippen molar-refractivity contribution in [2.75, 3.05) is 13.2 Å². The molecule has 1 amide bonds. The predicted octanol–water partition coefficient (Wildman–Crippen LogP) is 3.61. The molecule has 0 aliphatic carbocycles. The lowest BCUT2D eigenvalue weighted by Crippen LogP contribution is -2.25. The first-order valence-electron chi connectivity index (χ1n) is 8.58. The standard InChI is InChI=1S/C19H20BrN3O6/c1-4-28-16-8-15(23(26)27)7-13(18(16)25)9-21-22-17(24)10-29-19-11(2)5-14(20)6-12(19)3/h5-9,25H,4,10H2,1-3H3,(H,22,24)/b21-9+. The van der Waals surface area contributed by atoms with Crippen molar-refractivity contribution in [2.24, 2.45) is 5.10 Å². The van der Waals surface area contributed by atoms with Gasteiger partial charge in [-0.1, -0.05) is 15.9 Å². The predicted molar refractivity (Wildman–Crippen MR) is 111 cm³/mol. The number of ether oxygens (including phenoxy) is 2. The van der Waals surface area contributed by atoms with E-state index < -0.39 is 10.8 Å². The minimum Gasteiger partial charge on any atom is -0.504 e. The number of nitro benzene ring substituents is 1. The summed E-state index contributed by atoms with van der Waals surface area (Å²) in [4.78, 5) is 22.4. The van der Waals surface area contributed by atoms with Crippen molar-refractivity contribution in [1.82, 2.24) is 5.43 Å². The van der Waals surface area contributed by atoms with E-state index in [0.29, 0.717) is 5.75 Å². The van der Waals surface area contributed by atoms with E-state index in [1.807, 2.05) is 26.0 Å². The van der Waals surface area contributed by atoms with Gasteiger partial charge in [0.1, 0.15) is 5.75 Å². The van der Waals surface area contributed by atoms with Crippen LogP contribution in [-0.2, 0) is 4.79 Å². The lowest BCUT2D eigenvalue weighted by Gasteiger charge is -2.12. The van der Waals surface area contributed by atoms with Crippen LogP contribution in [0.25, 0.3) is 0 Å². The van der Waals surface area contributed by atoms with Crippen LogP contribution < -0.4 is 14.9 Å². The van der Waals surface area contributed by atoms with E-state index in [1.165, 1.54) is 0 Å². The van der Waals surface area contributed by atoms with Gasteiger partial charge in [-0.15, -0.1) is 0 Å². The highest BCUT2D eigenvalue weighted by Crippen LogP contribution is 2.33. The number of nitrogens with one attached hydrogen (secondary N) is 1. The Labute approximate surface area is 175 Å². The van der Waals surface area contributed by atoms with Crippen molar-refractivity contribution in [1.29, 1.82) is 0 Å². The number of phenols is 1. The number of rotatable bonds is 8. The summed E-state index contributed by atoms with van der Waals surface area (Å²) in [6, 6.07) is 5.99. The summed E-state index contributed by atoms with van der Waals surface area (Å²) in [6.07, 6.45) is 1.10. The first-order valence-corrected chi connectivity index (χ1v) is 9.37. The first kappa shape index (κ1) is 22.2. The van der Waals surface area contributed by atoms with Gasteiger partial charge in [-0.2, -0.15) is 5.10 Å². The van der Waals surface area contributed by atoms with Gasteiger partial charge in [-0.25, -0.2) is 5.43 Å². The van der Waals surface area contributed by atoms with Crippen molar-refractivity contribution in [3.63, 3.8) is 0 Å². The zero-order chi connectivity index (χ0) is 21.6. The largest absolute Gasteiger partial charge is 0.504 e. The van der Waals surface area contributed by atoms with Crippen LogP contribution >= 0.6 is 15.9 Å². The van der Waals surface area contributed by atoms with E-state index in [0.717, 1.165) is 33.9 Å². The van der Waals surface area contributed by atoms with Crippen LogP contribution in [0.1, 0.15) is 23.6 Å². The number of nitrogens with zero attached hydrogens (tertiary/aromatic N) is 2. The van der Waals surface area contributed by atoms with Crippen LogP contribution in [0.3, 0.4) is 0 Å². The molecule has 0 aromatic heterocycles. The number of phenolic OH excluding ortho intramolecular Hbond substituents is 1. The smallest absolute Gasteiger partial charge is 0.277 e. The summed E-state index contributed by atoms with van der Waals surface area (Å²) in [6.45, 7) is 5.36. The Morgan fingerprint density at radius 1 is 1.28 bits per heavy atom. The molecule has 2 aromatic carbocycles. The highest BCUT2D eigenvalue weighted by atomic mass is 79.9. The normalized spacial score (nSPS) is 10.8. The van der Waals surface area contributed by atoms with Crippen molar-refractivity contribution in [2.45, 2.75) is 20.8 Å². The number of benzene rings is 2. The molecule has 29 heavy (non-hydrogen) atoms. The van der Waals surface area contributed by atoms with E-state index in [9.17, 15) is 20.0 Å². The molecular formula is C19H20BrN3O6. The van der Waals surface area contributed by atoms with Crippen molar-refractivity contribution in [3.05, 3.63) is 55.5 Å². The Bertz CT molecular complexity index is 938. The summed E-state index contributed by atoms with van der Waals surface area (Å²) >= 11 is 3.39. The van der Waals surface area contributed by atoms with E-state index in [1.54, 1.807) is 6.92 Å². The number of hydrazone groups is 1. The van der Waals surface area contributed by atoms with Crippen LogP contribution in [0.15, 0.2) is 33.8 Å². The summed E-state index contributed by atoms with van der Waals surface area (Å²) < 4.78 is 11.6. The Morgan fingerprint density at radius 2 is 1.93 bits per heavy atom. The first-order chi connectivity index (χ1) is 13.7. The maximum absolute atomic E-state index is 12.0. The number of halogens is 1. The molecule has 0 heterocycles. The van der Waals surface area contributed by atoms with Gasteiger partial charge in [0, 0.05) is 16.1 Å². The van der Waals surface area contributed by atoms with Gasteiger partial charge in [-0.05, 0) is 44.0 Å². The number of hydrogen-bond acceptors (Lipinski definition) is 7. The number of carbonyl (C=O) groups excluding carboxylic acids is 1. The lowest BCUT2D eigenvalue weighted by atomic mass is 10.1. The maximum Gasteiger partial charge on any atom is 0.277 e. The van der Waals surface area contributed by atoms with Gasteiger partial charge in [-0.3, -0.25) is 14.9 Å². The molecular weight excluding hydrogens is 446 g/mol. The Morgan fingerprint density at radius 3 is 2.52 bits per heavy atom. The molecule has 0 bridgehead atoms. The highest BCUT2D eigenvalue weighted by Gasteiger charge is 2.16. The van der Waals surface area contributed by atoms with E-state index in [2.05, 4.69) is 26.5 Å². The second-order valence-electron chi connectivity index (χ2n) is 6.02. The molecule has 0 unspecified atom stereocenters. The molecule has 2 rings (SSSR count). The third-order valence-electron chi connectivity index (χ3n) is 3.77. The van der Waals surface area contributed by atoms with Crippen LogP contribution in [0.4, 0.5) is 5.69 Å². The zero-order valence-corrected chi connectivity index (χ0v) is 17.6. The molecule has 2 N–H and O–H groups in total. The highest BCUT2D eigenvalue weighted by molar-refractivity contribution is 9.10. The maximum atomic E-state index is 12.0. The molecule has 9 nitrogen and oxygen atoms in total. The zero-order valence-electron chi connectivity index (χ0n) is 16.1. The molecule has 0 saturated carbocycles. The Hall–Kier alpha value is -3.14. The number of nitro groups is 1. The quantitative estimate of drug-likeness (QED) is 0.348. The van der Waals surface area contributed by atoms with E-state index >= 15 is 0 Å². The number of hydrogen-bond donors (Lipinski definition) is 2. The number of aromatic hydroxyl groups is 1. The summed E-state index contributed by atoms with van der Waals surface area (Å²) in [5.41, 5.74) is 3.76. The average molecular weight is 466 g/mol. The van der Waals surface area contributed by atoms with Crippen molar-refractivity contribution in [3.8, 4) is 17.2 Å². The summed E-state index contributed by atoms with van der Waals surface area (Å²) in [5.74, 6) is -0.283. The Balaban J connectivity index is 2.06. The summed E-state index contributed by atoms with van der Waals surface area (Å²) in [5, 5.41) is 24.9. The molecule has 0 aliphatic rings. The van der Waals surface area contributed by atoms with Gasteiger partial charge >= 0.3 is 0 Å². The molecule has 0 fully saturated rings. The van der Waals surface area contributed by atoms with Crippen LogP contribution in [0.5, 0.6) is 17.2 Å².